The monoisotopic (exact) mass is 246 g/mol. The van der Waals surface area contributed by atoms with E-state index in [4.69, 9.17) is 0 Å². The van der Waals surface area contributed by atoms with E-state index in [1.807, 2.05) is 6.07 Å². The number of allylic oxidation sites excluding steroid dienone is 1. The molecule has 0 amide bonds. The predicted octanol–water partition coefficient (Wildman–Crippen LogP) is 3.82. The zero-order chi connectivity index (χ0) is 13.0. The van der Waals surface area contributed by atoms with Gasteiger partial charge in [0.15, 0.2) is 0 Å². The van der Waals surface area contributed by atoms with Crippen molar-refractivity contribution in [3.05, 3.63) is 45.5 Å². The topological polar surface area (TPSA) is 55.2 Å². The lowest BCUT2D eigenvalue weighted by Crippen LogP contribution is -2.03. The summed E-state index contributed by atoms with van der Waals surface area (Å²) >= 11 is 0. The lowest BCUT2D eigenvalue weighted by atomic mass is 10.1. The maximum absolute atomic E-state index is 10.7. The molecule has 0 heterocycles. The van der Waals surface area contributed by atoms with E-state index in [0.29, 0.717) is 5.56 Å². The van der Waals surface area contributed by atoms with Crippen molar-refractivity contribution < 1.29 is 4.92 Å². The van der Waals surface area contributed by atoms with E-state index < -0.39 is 0 Å². The van der Waals surface area contributed by atoms with E-state index in [1.54, 1.807) is 19.1 Å². The van der Waals surface area contributed by atoms with Gasteiger partial charge < -0.3 is 5.32 Å². The number of hydrogen-bond donors (Lipinski definition) is 1. The molecule has 4 nitrogen and oxygen atoms in total. The third-order valence-electron chi connectivity index (χ3n) is 3.30. The summed E-state index contributed by atoms with van der Waals surface area (Å²) in [5.41, 5.74) is 3.36. The Morgan fingerprint density at radius 2 is 2.28 bits per heavy atom. The smallest absolute Gasteiger partial charge is 0.272 e. The van der Waals surface area contributed by atoms with Gasteiger partial charge in [-0.2, -0.15) is 0 Å². The predicted molar refractivity (Wildman–Crippen MR) is 72.9 cm³/mol. The molecule has 1 aromatic rings. The van der Waals surface area contributed by atoms with Crippen LogP contribution >= 0.6 is 0 Å². The van der Waals surface area contributed by atoms with E-state index in [0.717, 1.165) is 18.7 Å². The van der Waals surface area contributed by atoms with E-state index in [2.05, 4.69) is 11.4 Å². The molecule has 1 aromatic carbocycles. The molecule has 0 radical (unpaired) electrons. The van der Waals surface area contributed by atoms with Crippen LogP contribution in [0.1, 0.15) is 31.2 Å². The highest BCUT2D eigenvalue weighted by Crippen LogP contribution is 2.23. The Hall–Kier alpha value is -1.84. The Morgan fingerprint density at radius 3 is 2.89 bits per heavy atom. The fourth-order valence-electron chi connectivity index (χ4n) is 2.30. The Labute approximate surface area is 107 Å². The molecular formula is C14H18N2O2. The summed E-state index contributed by atoms with van der Waals surface area (Å²) in [5, 5.41) is 14.0. The number of aryl methyl sites for hydroxylation is 1. The van der Waals surface area contributed by atoms with Crippen molar-refractivity contribution in [2.75, 3.05) is 11.9 Å². The number of nitro groups is 1. The van der Waals surface area contributed by atoms with Crippen molar-refractivity contribution in [3.63, 3.8) is 0 Å². The zero-order valence-corrected chi connectivity index (χ0v) is 10.6. The molecule has 0 aliphatic heterocycles. The zero-order valence-electron chi connectivity index (χ0n) is 10.6. The molecule has 2 rings (SSSR count). The van der Waals surface area contributed by atoms with E-state index >= 15 is 0 Å². The van der Waals surface area contributed by atoms with E-state index in [-0.39, 0.29) is 10.6 Å². The van der Waals surface area contributed by atoms with Crippen molar-refractivity contribution >= 4 is 11.4 Å². The largest absolute Gasteiger partial charge is 0.385 e. The van der Waals surface area contributed by atoms with Crippen LogP contribution in [-0.2, 0) is 0 Å². The van der Waals surface area contributed by atoms with Crippen LogP contribution in [0.4, 0.5) is 11.4 Å². The summed E-state index contributed by atoms with van der Waals surface area (Å²) in [7, 11) is 0. The van der Waals surface area contributed by atoms with Crippen molar-refractivity contribution in [2.24, 2.45) is 0 Å². The highest BCUT2D eigenvalue weighted by atomic mass is 16.6. The number of nitrogens with zero attached hydrogens (tertiary/aromatic N) is 1. The number of anilines is 1. The highest BCUT2D eigenvalue weighted by molar-refractivity contribution is 5.53. The fraction of sp³-hybridized carbons (Fsp3) is 0.429. The molecule has 0 spiro atoms. The minimum Gasteiger partial charge on any atom is -0.385 e. The minimum atomic E-state index is -0.345. The summed E-state index contributed by atoms with van der Waals surface area (Å²) in [5.74, 6) is 0. The maximum atomic E-state index is 10.7. The first-order valence-electron chi connectivity index (χ1n) is 6.33. The first-order valence-corrected chi connectivity index (χ1v) is 6.33. The molecule has 0 saturated heterocycles. The van der Waals surface area contributed by atoms with Crippen LogP contribution in [0.5, 0.6) is 0 Å². The lowest BCUT2D eigenvalue weighted by molar-refractivity contribution is -0.385. The van der Waals surface area contributed by atoms with E-state index in [1.165, 1.54) is 24.8 Å². The van der Waals surface area contributed by atoms with Crippen LogP contribution in [0.15, 0.2) is 29.8 Å². The molecule has 0 unspecified atom stereocenters. The van der Waals surface area contributed by atoms with Crippen LogP contribution in [0.25, 0.3) is 0 Å². The SMILES string of the molecule is Cc1cc(NCCC2=CCCC2)ccc1[N+](=O)[O-]. The normalized spacial score (nSPS) is 14.4. The summed E-state index contributed by atoms with van der Waals surface area (Å²) in [4.78, 5) is 10.4. The van der Waals surface area contributed by atoms with Gasteiger partial charge in [0.1, 0.15) is 0 Å². The third-order valence-corrected chi connectivity index (χ3v) is 3.30. The van der Waals surface area contributed by atoms with Crippen LogP contribution in [-0.4, -0.2) is 11.5 Å². The Bertz CT molecular complexity index is 481. The summed E-state index contributed by atoms with van der Waals surface area (Å²) in [6.45, 7) is 2.66. The number of nitro benzene ring substituents is 1. The van der Waals surface area contributed by atoms with Crippen LogP contribution in [0.3, 0.4) is 0 Å². The van der Waals surface area contributed by atoms with Crippen LogP contribution < -0.4 is 5.32 Å². The number of nitrogens with one attached hydrogen (secondary N) is 1. The average Bonchev–Trinajstić information content (AvgIpc) is 2.81. The van der Waals surface area contributed by atoms with Gasteiger partial charge in [-0.25, -0.2) is 0 Å². The maximum Gasteiger partial charge on any atom is 0.272 e. The van der Waals surface area contributed by atoms with Crippen molar-refractivity contribution in [1.82, 2.24) is 0 Å². The molecule has 18 heavy (non-hydrogen) atoms. The summed E-state index contributed by atoms with van der Waals surface area (Å²) in [6, 6.07) is 5.17. The lowest BCUT2D eigenvalue weighted by Gasteiger charge is -2.08. The molecule has 1 N–H and O–H groups in total. The fourth-order valence-corrected chi connectivity index (χ4v) is 2.30. The van der Waals surface area contributed by atoms with Gasteiger partial charge >= 0.3 is 0 Å². The van der Waals surface area contributed by atoms with Gasteiger partial charge in [-0.15, -0.1) is 0 Å². The molecule has 0 saturated carbocycles. The van der Waals surface area contributed by atoms with Gasteiger partial charge in [0.2, 0.25) is 0 Å². The van der Waals surface area contributed by atoms with Gasteiger partial charge in [0.05, 0.1) is 4.92 Å². The second-order valence-electron chi connectivity index (χ2n) is 4.69. The number of hydrogen-bond acceptors (Lipinski definition) is 3. The minimum absolute atomic E-state index is 0.180. The molecule has 0 atom stereocenters. The average molecular weight is 246 g/mol. The van der Waals surface area contributed by atoms with Crippen molar-refractivity contribution in [3.8, 4) is 0 Å². The van der Waals surface area contributed by atoms with Gasteiger partial charge in [0, 0.05) is 23.9 Å². The Morgan fingerprint density at radius 1 is 1.44 bits per heavy atom. The first-order chi connectivity index (χ1) is 8.66. The second-order valence-corrected chi connectivity index (χ2v) is 4.69. The molecular weight excluding hydrogens is 228 g/mol. The Balaban J connectivity index is 1.89. The van der Waals surface area contributed by atoms with Gasteiger partial charge in [-0.1, -0.05) is 11.6 Å². The highest BCUT2D eigenvalue weighted by Gasteiger charge is 2.10. The standard InChI is InChI=1S/C14H18N2O2/c1-11-10-13(6-7-14(11)16(17)18)15-9-8-12-4-2-3-5-12/h4,6-7,10,15H,2-3,5,8-9H2,1H3. The summed E-state index contributed by atoms with van der Waals surface area (Å²) < 4.78 is 0. The van der Waals surface area contributed by atoms with Gasteiger partial charge in [0.25, 0.3) is 5.69 Å². The van der Waals surface area contributed by atoms with Gasteiger partial charge in [-0.3, -0.25) is 10.1 Å². The number of benzene rings is 1. The van der Waals surface area contributed by atoms with Crippen LogP contribution in [0, 0.1) is 17.0 Å². The second kappa shape index (κ2) is 5.67. The molecule has 4 heteroatoms. The van der Waals surface area contributed by atoms with Crippen LogP contribution in [0.2, 0.25) is 0 Å². The Kier molecular flexibility index (Phi) is 3.97. The molecule has 1 aliphatic carbocycles. The third kappa shape index (κ3) is 3.09. The molecule has 96 valence electrons. The molecule has 0 bridgehead atoms. The quantitative estimate of drug-likeness (QED) is 0.488. The number of rotatable bonds is 5. The molecule has 0 fully saturated rings. The molecule has 0 aromatic heterocycles. The summed E-state index contributed by atoms with van der Waals surface area (Å²) in [6.07, 6.45) is 7.11. The van der Waals surface area contributed by atoms with Crippen molar-refractivity contribution in [2.45, 2.75) is 32.6 Å². The van der Waals surface area contributed by atoms with Gasteiger partial charge in [-0.05, 0) is 44.7 Å². The molecule has 1 aliphatic rings. The van der Waals surface area contributed by atoms with E-state index in [9.17, 15) is 10.1 Å². The first kappa shape index (κ1) is 12.6. The van der Waals surface area contributed by atoms with Crippen molar-refractivity contribution in [1.29, 1.82) is 0 Å².